The van der Waals surface area contributed by atoms with E-state index in [0.717, 1.165) is 12.1 Å². The SMILES string of the molecule is CCC1Nc2ccc(C(=O)OC)cc2N(C)C1=O. The molecule has 1 aromatic carbocycles. The third kappa shape index (κ3) is 1.92. The van der Waals surface area contributed by atoms with Crippen LogP contribution in [0.25, 0.3) is 0 Å². The summed E-state index contributed by atoms with van der Waals surface area (Å²) in [5.41, 5.74) is 2.00. The normalized spacial score (nSPS) is 18.1. The van der Waals surface area contributed by atoms with E-state index in [4.69, 9.17) is 0 Å². The van der Waals surface area contributed by atoms with Crippen molar-refractivity contribution in [3.8, 4) is 0 Å². The number of nitrogens with one attached hydrogen (secondary N) is 1. The van der Waals surface area contributed by atoms with Crippen molar-refractivity contribution in [2.24, 2.45) is 0 Å². The molecule has 0 aliphatic carbocycles. The van der Waals surface area contributed by atoms with Crippen molar-refractivity contribution >= 4 is 23.3 Å². The van der Waals surface area contributed by atoms with Crippen LogP contribution in [0.2, 0.25) is 0 Å². The lowest BCUT2D eigenvalue weighted by Gasteiger charge is -2.32. The Morgan fingerprint density at radius 1 is 1.50 bits per heavy atom. The van der Waals surface area contributed by atoms with Crippen LogP contribution in [0.1, 0.15) is 23.7 Å². The van der Waals surface area contributed by atoms with Gasteiger partial charge < -0.3 is 15.0 Å². The highest BCUT2D eigenvalue weighted by molar-refractivity contribution is 6.05. The Morgan fingerprint density at radius 2 is 2.22 bits per heavy atom. The van der Waals surface area contributed by atoms with Crippen molar-refractivity contribution in [3.05, 3.63) is 23.8 Å². The number of rotatable bonds is 2. The minimum atomic E-state index is -0.406. The summed E-state index contributed by atoms with van der Waals surface area (Å²) < 4.78 is 4.67. The molecule has 0 aromatic heterocycles. The minimum Gasteiger partial charge on any atom is -0.465 e. The maximum atomic E-state index is 12.0. The van der Waals surface area contributed by atoms with E-state index in [-0.39, 0.29) is 11.9 Å². The van der Waals surface area contributed by atoms with E-state index in [9.17, 15) is 9.59 Å². The zero-order valence-corrected chi connectivity index (χ0v) is 10.7. The van der Waals surface area contributed by atoms with Crippen LogP contribution in [0.15, 0.2) is 18.2 Å². The van der Waals surface area contributed by atoms with Gasteiger partial charge in [0.1, 0.15) is 6.04 Å². The van der Waals surface area contributed by atoms with Gasteiger partial charge in [-0.25, -0.2) is 4.79 Å². The Bertz CT molecular complexity index is 499. The molecule has 1 heterocycles. The summed E-state index contributed by atoms with van der Waals surface area (Å²) in [5.74, 6) is -0.400. The second kappa shape index (κ2) is 4.68. The Kier molecular flexibility index (Phi) is 3.23. The number of hydrogen-bond donors (Lipinski definition) is 1. The number of carbonyl (C=O) groups excluding carboxylic acids is 2. The number of esters is 1. The molecule has 1 aliphatic heterocycles. The maximum absolute atomic E-state index is 12.0. The molecule has 0 fully saturated rings. The van der Waals surface area contributed by atoms with Crippen LogP contribution >= 0.6 is 0 Å². The van der Waals surface area contributed by atoms with Gasteiger partial charge in [0, 0.05) is 7.05 Å². The van der Waals surface area contributed by atoms with Crippen LogP contribution in [-0.2, 0) is 9.53 Å². The van der Waals surface area contributed by atoms with Crippen molar-refractivity contribution < 1.29 is 14.3 Å². The Hall–Kier alpha value is -2.04. The van der Waals surface area contributed by atoms with E-state index >= 15 is 0 Å². The van der Waals surface area contributed by atoms with E-state index in [1.807, 2.05) is 6.92 Å². The number of methoxy groups -OCH3 is 1. The number of amides is 1. The summed E-state index contributed by atoms with van der Waals surface area (Å²) >= 11 is 0. The van der Waals surface area contributed by atoms with Crippen molar-refractivity contribution in [2.75, 3.05) is 24.4 Å². The summed E-state index contributed by atoms with van der Waals surface area (Å²) in [6.45, 7) is 1.96. The Labute approximate surface area is 106 Å². The Balaban J connectivity index is 2.42. The van der Waals surface area contributed by atoms with Crippen LogP contribution in [-0.4, -0.2) is 32.1 Å². The topological polar surface area (TPSA) is 58.6 Å². The third-order valence-corrected chi connectivity index (χ3v) is 3.15. The fourth-order valence-corrected chi connectivity index (χ4v) is 2.05. The number of fused-ring (bicyclic) bond motifs is 1. The van der Waals surface area contributed by atoms with Gasteiger partial charge in [0.15, 0.2) is 0 Å². The average Bonchev–Trinajstić information content (AvgIpc) is 2.41. The van der Waals surface area contributed by atoms with Gasteiger partial charge >= 0.3 is 5.97 Å². The first-order valence-corrected chi connectivity index (χ1v) is 5.85. The number of benzene rings is 1. The summed E-state index contributed by atoms with van der Waals surface area (Å²) in [6, 6.07) is 4.95. The van der Waals surface area contributed by atoms with Gasteiger partial charge in [-0.3, -0.25) is 4.79 Å². The smallest absolute Gasteiger partial charge is 0.337 e. The molecule has 5 heteroatoms. The van der Waals surface area contributed by atoms with Crippen LogP contribution in [0, 0.1) is 0 Å². The fourth-order valence-electron chi connectivity index (χ4n) is 2.05. The lowest BCUT2D eigenvalue weighted by Crippen LogP contribution is -2.44. The van der Waals surface area contributed by atoms with Crippen LogP contribution in [0.5, 0.6) is 0 Å². The van der Waals surface area contributed by atoms with E-state index in [0.29, 0.717) is 11.3 Å². The van der Waals surface area contributed by atoms with E-state index in [2.05, 4.69) is 10.1 Å². The largest absolute Gasteiger partial charge is 0.465 e. The number of anilines is 2. The summed E-state index contributed by atoms with van der Waals surface area (Å²) in [6.07, 6.45) is 0.724. The van der Waals surface area contributed by atoms with E-state index in [1.165, 1.54) is 7.11 Å². The third-order valence-electron chi connectivity index (χ3n) is 3.15. The summed E-state index contributed by atoms with van der Waals surface area (Å²) in [4.78, 5) is 25.1. The van der Waals surface area contributed by atoms with Crippen molar-refractivity contribution in [3.63, 3.8) is 0 Å². The molecule has 2 rings (SSSR count). The first-order chi connectivity index (χ1) is 8.58. The van der Waals surface area contributed by atoms with Crippen LogP contribution < -0.4 is 10.2 Å². The second-order valence-electron chi connectivity index (χ2n) is 4.23. The second-order valence-corrected chi connectivity index (χ2v) is 4.23. The Morgan fingerprint density at radius 3 is 2.83 bits per heavy atom. The minimum absolute atomic E-state index is 0.00650. The molecule has 0 radical (unpaired) electrons. The molecule has 1 N–H and O–H groups in total. The van der Waals surface area contributed by atoms with Crippen molar-refractivity contribution in [1.82, 2.24) is 0 Å². The molecule has 0 saturated carbocycles. The van der Waals surface area contributed by atoms with Gasteiger partial charge in [-0.05, 0) is 24.6 Å². The molecule has 1 aromatic rings. The molecule has 0 bridgehead atoms. The highest BCUT2D eigenvalue weighted by Gasteiger charge is 2.29. The molecule has 0 spiro atoms. The quantitative estimate of drug-likeness (QED) is 0.808. The lowest BCUT2D eigenvalue weighted by molar-refractivity contribution is -0.119. The number of carbonyl (C=O) groups is 2. The predicted octanol–water partition coefficient (Wildman–Crippen LogP) is 1.64. The van der Waals surface area contributed by atoms with Gasteiger partial charge in [-0.1, -0.05) is 6.92 Å². The van der Waals surface area contributed by atoms with Gasteiger partial charge in [0.05, 0.1) is 24.0 Å². The predicted molar refractivity (Wildman–Crippen MR) is 68.9 cm³/mol. The first-order valence-electron chi connectivity index (χ1n) is 5.85. The molecule has 1 amide bonds. The monoisotopic (exact) mass is 248 g/mol. The standard InChI is InChI=1S/C13H16N2O3/c1-4-9-12(16)15(2)11-7-8(13(17)18-3)5-6-10(11)14-9/h5-7,9,14H,4H2,1-3H3. The molecule has 1 unspecified atom stereocenters. The van der Waals surface area contributed by atoms with Gasteiger partial charge in [0.25, 0.3) is 0 Å². The lowest BCUT2D eigenvalue weighted by atomic mass is 10.1. The molecule has 0 saturated heterocycles. The summed E-state index contributed by atoms with van der Waals surface area (Å²) in [5, 5.41) is 3.17. The highest BCUT2D eigenvalue weighted by atomic mass is 16.5. The maximum Gasteiger partial charge on any atom is 0.337 e. The van der Waals surface area contributed by atoms with E-state index < -0.39 is 5.97 Å². The summed E-state index contributed by atoms with van der Waals surface area (Å²) in [7, 11) is 3.05. The van der Waals surface area contributed by atoms with Crippen molar-refractivity contribution in [2.45, 2.75) is 19.4 Å². The van der Waals surface area contributed by atoms with E-state index in [1.54, 1.807) is 30.1 Å². The number of nitrogens with zero attached hydrogens (tertiary/aromatic N) is 1. The number of ether oxygens (including phenoxy) is 1. The number of likely N-dealkylation sites (N-methyl/N-ethyl adjacent to an activating group) is 1. The van der Waals surface area contributed by atoms with Crippen LogP contribution in [0.4, 0.5) is 11.4 Å². The number of hydrogen-bond acceptors (Lipinski definition) is 4. The molecular formula is C13H16N2O3. The fraction of sp³-hybridized carbons (Fsp3) is 0.385. The zero-order valence-electron chi connectivity index (χ0n) is 10.7. The first kappa shape index (κ1) is 12.4. The zero-order chi connectivity index (χ0) is 13.3. The molecule has 18 heavy (non-hydrogen) atoms. The van der Waals surface area contributed by atoms with Crippen molar-refractivity contribution in [1.29, 1.82) is 0 Å². The van der Waals surface area contributed by atoms with Gasteiger partial charge in [-0.15, -0.1) is 0 Å². The molecular weight excluding hydrogens is 232 g/mol. The average molecular weight is 248 g/mol. The molecule has 96 valence electrons. The van der Waals surface area contributed by atoms with Gasteiger partial charge in [0.2, 0.25) is 5.91 Å². The molecule has 5 nitrogen and oxygen atoms in total. The van der Waals surface area contributed by atoms with Crippen LogP contribution in [0.3, 0.4) is 0 Å². The van der Waals surface area contributed by atoms with Gasteiger partial charge in [-0.2, -0.15) is 0 Å². The molecule has 1 aliphatic rings. The molecule has 1 atom stereocenters. The highest BCUT2D eigenvalue weighted by Crippen LogP contribution is 2.32.